The van der Waals surface area contributed by atoms with Crippen LogP contribution < -0.4 is 5.32 Å². The molecule has 3 rings (SSSR count). The van der Waals surface area contributed by atoms with Gasteiger partial charge in [-0.25, -0.2) is 0 Å². The van der Waals surface area contributed by atoms with Crippen molar-refractivity contribution in [1.82, 2.24) is 10.2 Å². The molecule has 3 nitrogen and oxygen atoms in total. The number of aliphatic hydroxyl groups is 1. The van der Waals surface area contributed by atoms with E-state index in [0.29, 0.717) is 24.1 Å². The van der Waals surface area contributed by atoms with Crippen LogP contribution in [0.2, 0.25) is 0 Å². The molecule has 2 unspecified atom stereocenters. The Bertz CT molecular complexity index is 338. The molecule has 0 amide bonds. The quantitative estimate of drug-likeness (QED) is 0.785. The molecule has 2 saturated carbocycles. The van der Waals surface area contributed by atoms with Gasteiger partial charge in [-0.05, 0) is 63.3 Å². The van der Waals surface area contributed by atoms with Crippen molar-refractivity contribution >= 4 is 0 Å². The lowest BCUT2D eigenvalue weighted by molar-refractivity contribution is 0.142. The number of nitrogens with zero attached hydrogens (tertiary/aromatic N) is 1. The van der Waals surface area contributed by atoms with E-state index in [1.165, 1.54) is 51.6 Å². The molecule has 0 aromatic carbocycles. The molecule has 0 aromatic rings. The van der Waals surface area contributed by atoms with Crippen molar-refractivity contribution in [3.05, 3.63) is 0 Å². The van der Waals surface area contributed by atoms with Gasteiger partial charge in [-0.1, -0.05) is 13.8 Å². The van der Waals surface area contributed by atoms with Gasteiger partial charge in [0.2, 0.25) is 0 Å². The Morgan fingerprint density at radius 2 is 1.90 bits per heavy atom. The molecule has 116 valence electrons. The summed E-state index contributed by atoms with van der Waals surface area (Å²) in [4.78, 5) is 2.74. The van der Waals surface area contributed by atoms with Crippen LogP contribution in [-0.2, 0) is 0 Å². The van der Waals surface area contributed by atoms with E-state index in [1.54, 1.807) is 0 Å². The maximum Gasteiger partial charge on any atom is 0.0614 e. The summed E-state index contributed by atoms with van der Waals surface area (Å²) in [5, 5.41) is 13.6. The van der Waals surface area contributed by atoms with Crippen LogP contribution in [0.1, 0.15) is 65.2 Å². The third-order valence-electron chi connectivity index (χ3n) is 6.46. The van der Waals surface area contributed by atoms with Gasteiger partial charge in [-0.3, -0.25) is 4.90 Å². The van der Waals surface area contributed by atoms with Gasteiger partial charge in [0.25, 0.3) is 0 Å². The Morgan fingerprint density at radius 3 is 2.45 bits per heavy atom. The third-order valence-corrected chi connectivity index (χ3v) is 6.46. The summed E-state index contributed by atoms with van der Waals surface area (Å²) in [5.74, 6) is 0. The van der Waals surface area contributed by atoms with Crippen LogP contribution in [-0.4, -0.2) is 47.3 Å². The molecular formula is C17H32N2O. The molecule has 0 spiro atoms. The largest absolute Gasteiger partial charge is 0.394 e. The van der Waals surface area contributed by atoms with Crippen LogP contribution in [0.3, 0.4) is 0 Å². The fourth-order valence-electron chi connectivity index (χ4n) is 4.50. The smallest absolute Gasteiger partial charge is 0.0614 e. The van der Waals surface area contributed by atoms with Crippen molar-refractivity contribution in [3.63, 3.8) is 0 Å². The molecule has 1 saturated heterocycles. The minimum absolute atomic E-state index is 0.0372. The highest BCUT2D eigenvalue weighted by molar-refractivity contribution is 5.04. The zero-order valence-electron chi connectivity index (χ0n) is 13.3. The summed E-state index contributed by atoms with van der Waals surface area (Å²) in [6, 6.07) is 1.40. The number of nitrogens with one attached hydrogen (secondary N) is 1. The average Bonchev–Trinajstić information content (AvgIpc) is 3.03. The van der Waals surface area contributed by atoms with E-state index in [-0.39, 0.29) is 5.54 Å². The molecule has 0 radical (unpaired) electrons. The van der Waals surface area contributed by atoms with Gasteiger partial charge in [-0.15, -0.1) is 0 Å². The van der Waals surface area contributed by atoms with Gasteiger partial charge in [0, 0.05) is 24.2 Å². The number of hydrogen-bond acceptors (Lipinski definition) is 3. The monoisotopic (exact) mass is 280 g/mol. The van der Waals surface area contributed by atoms with Crippen molar-refractivity contribution in [2.75, 3.05) is 19.7 Å². The Balaban J connectivity index is 1.59. The minimum Gasteiger partial charge on any atom is -0.394 e. The lowest BCUT2D eigenvalue weighted by atomic mass is 9.82. The molecule has 2 atom stereocenters. The Morgan fingerprint density at radius 1 is 1.15 bits per heavy atom. The highest BCUT2D eigenvalue weighted by Gasteiger charge is 2.46. The molecule has 2 N–H and O–H groups in total. The lowest BCUT2D eigenvalue weighted by Crippen LogP contribution is -2.49. The Kier molecular flexibility index (Phi) is 4.13. The first-order chi connectivity index (χ1) is 9.64. The SMILES string of the molecule is CCC1(CC)CCN(C2CCC(CO)(NC3CC3)C2)C1. The molecule has 0 bridgehead atoms. The first kappa shape index (κ1) is 14.8. The number of rotatable bonds is 6. The van der Waals surface area contributed by atoms with E-state index < -0.39 is 0 Å². The van der Waals surface area contributed by atoms with Crippen LogP contribution in [0.4, 0.5) is 0 Å². The third kappa shape index (κ3) is 2.77. The molecular weight excluding hydrogens is 248 g/mol. The molecule has 1 heterocycles. The highest BCUT2D eigenvalue weighted by atomic mass is 16.3. The molecule has 0 aromatic heterocycles. The van der Waals surface area contributed by atoms with Crippen LogP contribution in [0, 0.1) is 5.41 Å². The van der Waals surface area contributed by atoms with Crippen LogP contribution >= 0.6 is 0 Å². The van der Waals surface area contributed by atoms with Crippen molar-refractivity contribution in [2.45, 2.75) is 82.8 Å². The second-order valence-electron chi connectivity index (χ2n) is 7.68. The van der Waals surface area contributed by atoms with E-state index in [9.17, 15) is 5.11 Å². The Labute approximate surface area is 124 Å². The van der Waals surface area contributed by atoms with Crippen molar-refractivity contribution < 1.29 is 5.11 Å². The van der Waals surface area contributed by atoms with Gasteiger partial charge < -0.3 is 10.4 Å². The van der Waals surface area contributed by atoms with E-state index >= 15 is 0 Å². The summed E-state index contributed by atoms with van der Waals surface area (Å²) in [7, 11) is 0. The van der Waals surface area contributed by atoms with E-state index in [0.717, 1.165) is 12.8 Å². The highest BCUT2D eigenvalue weighted by Crippen LogP contribution is 2.42. The summed E-state index contributed by atoms with van der Waals surface area (Å²) < 4.78 is 0. The van der Waals surface area contributed by atoms with Crippen LogP contribution in [0.5, 0.6) is 0 Å². The van der Waals surface area contributed by atoms with Gasteiger partial charge in [-0.2, -0.15) is 0 Å². The van der Waals surface area contributed by atoms with E-state index in [4.69, 9.17) is 0 Å². The summed E-state index contributed by atoms with van der Waals surface area (Å²) in [6.07, 6.45) is 10.2. The van der Waals surface area contributed by atoms with Crippen molar-refractivity contribution in [2.24, 2.45) is 5.41 Å². The lowest BCUT2D eigenvalue weighted by Gasteiger charge is -2.32. The average molecular weight is 280 g/mol. The fourth-order valence-corrected chi connectivity index (χ4v) is 4.50. The standard InChI is InChI=1S/C17H32N2O/c1-3-16(4-2)9-10-19(12-16)15-7-8-17(11-15,13-20)18-14-5-6-14/h14-15,18,20H,3-13H2,1-2H3. The molecule has 3 aliphatic rings. The zero-order valence-corrected chi connectivity index (χ0v) is 13.3. The Hall–Kier alpha value is -0.120. The fraction of sp³-hybridized carbons (Fsp3) is 1.00. The molecule has 1 aliphatic heterocycles. The number of hydrogen-bond donors (Lipinski definition) is 2. The second kappa shape index (κ2) is 5.58. The minimum atomic E-state index is 0.0372. The van der Waals surface area contributed by atoms with E-state index in [2.05, 4.69) is 24.1 Å². The first-order valence-corrected chi connectivity index (χ1v) is 8.77. The molecule has 20 heavy (non-hydrogen) atoms. The topological polar surface area (TPSA) is 35.5 Å². The van der Waals surface area contributed by atoms with Gasteiger partial charge in [0.1, 0.15) is 0 Å². The van der Waals surface area contributed by atoms with Crippen LogP contribution in [0.25, 0.3) is 0 Å². The summed E-state index contributed by atoms with van der Waals surface area (Å²) >= 11 is 0. The van der Waals surface area contributed by atoms with Crippen LogP contribution in [0.15, 0.2) is 0 Å². The maximum atomic E-state index is 9.87. The molecule has 2 aliphatic carbocycles. The first-order valence-electron chi connectivity index (χ1n) is 8.77. The molecule has 3 fully saturated rings. The predicted octanol–water partition coefficient (Wildman–Crippen LogP) is 2.53. The summed E-state index contributed by atoms with van der Waals surface area (Å²) in [5.41, 5.74) is 0.615. The second-order valence-corrected chi connectivity index (χ2v) is 7.68. The van der Waals surface area contributed by atoms with Gasteiger partial charge in [0.15, 0.2) is 0 Å². The van der Waals surface area contributed by atoms with Crippen molar-refractivity contribution in [3.8, 4) is 0 Å². The summed E-state index contributed by atoms with van der Waals surface area (Å²) in [6.45, 7) is 7.59. The normalized spacial score (nSPS) is 37.6. The van der Waals surface area contributed by atoms with E-state index in [1.807, 2.05) is 0 Å². The van der Waals surface area contributed by atoms with Gasteiger partial charge in [0.05, 0.1) is 6.61 Å². The maximum absolute atomic E-state index is 9.87. The van der Waals surface area contributed by atoms with Crippen molar-refractivity contribution in [1.29, 1.82) is 0 Å². The predicted molar refractivity (Wildman–Crippen MR) is 82.8 cm³/mol. The zero-order chi connectivity index (χ0) is 14.2. The molecule has 3 heteroatoms. The number of aliphatic hydroxyl groups excluding tert-OH is 1. The van der Waals surface area contributed by atoms with Gasteiger partial charge >= 0.3 is 0 Å². The number of likely N-dealkylation sites (tertiary alicyclic amines) is 1.